The predicted molar refractivity (Wildman–Crippen MR) is 70.4 cm³/mol. The number of nitrogens with zero attached hydrogens (tertiary/aromatic N) is 1. The maximum atomic E-state index is 5.68. The third-order valence-corrected chi connectivity index (χ3v) is 2.80. The molecule has 0 atom stereocenters. The van der Waals surface area contributed by atoms with Gasteiger partial charge in [-0.25, -0.2) is 4.98 Å². The molecule has 0 fully saturated rings. The fraction of sp³-hybridized carbons (Fsp3) is 0.500. The molecule has 0 amide bonds. The van der Waals surface area contributed by atoms with Gasteiger partial charge in [0, 0.05) is 12.8 Å². The van der Waals surface area contributed by atoms with Crippen LogP contribution in [0.3, 0.4) is 0 Å². The van der Waals surface area contributed by atoms with Crippen molar-refractivity contribution in [3.05, 3.63) is 30.0 Å². The first-order valence-corrected chi connectivity index (χ1v) is 6.58. The molecule has 2 aromatic heterocycles. The lowest BCUT2D eigenvalue weighted by molar-refractivity contribution is 0.463. The van der Waals surface area contributed by atoms with Crippen molar-refractivity contribution in [3.63, 3.8) is 0 Å². The second-order valence-electron chi connectivity index (χ2n) is 4.19. The molecule has 0 saturated carbocycles. The van der Waals surface area contributed by atoms with E-state index in [9.17, 15) is 0 Å². The van der Waals surface area contributed by atoms with Crippen LogP contribution in [0.25, 0.3) is 11.5 Å². The van der Waals surface area contributed by atoms with Gasteiger partial charge in [-0.15, -0.1) is 0 Å². The van der Waals surface area contributed by atoms with Gasteiger partial charge in [0.1, 0.15) is 5.76 Å². The standard InChI is InChI=1S/C14H20N2O2/c1-3-11-7-8-12(17-11)13-10-16-14(18-13)6-5-9-15-4-2/h7-8,10,15H,3-6,9H2,1-2H3. The van der Waals surface area contributed by atoms with E-state index in [4.69, 9.17) is 8.83 Å². The van der Waals surface area contributed by atoms with Gasteiger partial charge in [0.25, 0.3) is 0 Å². The molecule has 0 radical (unpaired) electrons. The average molecular weight is 248 g/mol. The Labute approximate surface area is 107 Å². The molecule has 4 heteroatoms. The zero-order valence-electron chi connectivity index (χ0n) is 11.0. The molecular formula is C14H20N2O2. The van der Waals surface area contributed by atoms with Crippen LogP contribution in [-0.2, 0) is 12.8 Å². The minimum Gasteiger partial charge on any atom is -0.458 e. The lowest BCUT2D eigenvalue weighted by Crippen LogP contribution is -2.14. The molecule has 2 aromatic rings. The van der Waals surface area contributed by atoms with E-state index in [2.05, 4.69) is 24.1 Å². The SMILES string of the molecule is CCNCCCc1ncc(-c2ccc(CC)o2)o1. The van der Waals surface area contributed by atoms with E-state index in [1.54, 1.807) is 6.20 Å². The number of hydrogen-bond acceptors (Lipinski definition) is 4. The van der Waals surface area contributed by atoms with Crippen LogP contribution in [0.5, 0.6) is 0 Å². The van der Waals surface area contributed by atoms with Crippen LogP contribution in [0.2, 0.25) is 0 Å². The molecule has 0 unspecified atom stereocenters. The average Bonchev–Trinajstić information content (AvgIpc) is 3.03. The minimum absolute atomic E-state index is 0.716. The van der Waals surface area contributed by atoms with Gasteiger partial charge in [0.2, 0.25) is 0 Å². The van der Waals surface area contributed by atoms with Gasteiger partial charge >= 0.3 is 0 Å². The molecule has 4 nitrogen and oxygen atoms in total. The molecule has 1 N–H and O–H groups in total. The number of aryl methyl sites for hydroxylation is 2. The Kier molecular flexibility index (Phi) is 4.59. The maximum absolute atomic E-state index is 5.68. The second-order valence-corrected chi connectivity index (χ2v) is 4.19. The van der Waals surface area contributed by atoms with Crippen LogP contribution in [0.1, 0.15) is 31.9 Å². The highest BCUT2D eigenvalue weighted by molar-refractivity contribution is 5.48. The number of nitrogens with one attached hydrogen (secondary N) is 1. The Morgan fingerprint density at radius 2 is 2.06 bits per heavy atom. The molecule has 0 aromatic carbocycles. The number of oxazole rings is 1. The highest BCUT2D eigenvalue weighted by atomic mass is 16.4. The molecule has 18 heavy (non-hydrogen) atoms. The summed E-state index contributed by atoms with van der Waals surface area (Å²) in [6, 6.07) is 3.91. The summed E-state index contributed by atoms with van der Waals surface area (Å²) in [6.07, 6.45) is 4.52. The van der Waals surface area contributed by atoms with Crippen molar-refractivity contribution in [2.24, 2.45) is 0 Å². The van der Waals surface area contributed by atoms with Gasteiger partial charge in [-0.1, -0.05) is 13.8 Å². The summed E-state index contributed by atoms with van der Waals surface area (Å²) in [6.45, 7) is 6.17. The van der Waals surface area contributed by atoms with Gasteiger partial charge < -0.3 is 14.2 Å². The largest absolute Gasteiger partial charge is 0.458 e. The van der Waals surface area contributed by atoms with Crippen LogP contribution in [0.4, 0.5) is 0 Å². The summed E-state index contributed by atoms with van der Waals surface area (Å²) < 4.78 is 11.3. The third-order valence-electron chi connectivity index (χ3n) is 2.80. The van der Waals surface area contributed by atoms with E-state index in [1.165, 1.54) is 0 Å². The Bertz CT molecular complexity index is 474. The summed E-state index contributed by atoms with van der Waals surface area (Å²) in [4.78, 5) is 4.27. The fourth-order valence-corrected chi connectivity index (χ4v) is 1.78. The maximum Gasteiger partial charge on any atom is 0.195 e. The molecule has 0 saturated heterocycles. The van der Waals surface area contributed by atoms with Gasteiger partial charge in [-0.2, -0.15) is 0 Å². The van der Waals surface area contributed by atoms with Crippen molar-refractivity contribution in [2.45, 2.75) is 33.1 Å². The number of furan rings is 1. The molecule has 0 spiro atoms. The van der Waals surface area contributed by atoms with Crippen LogP contribution < -0.4 is 5.32 Å². The highest BCUT2D eigenvalue weighted by Gasteiger charge is 2.09. The molecule has 0 aliphatic carbocycles. The zero-order valence-corrected chi connectivity index (χ0v) is 11.0. The zero-order chi connectivity index (χ0) is 12.8. The van der Waals surface area contributed by atoms with Crippen LogP contribution in [0, 0.1) is 0 Å². The summed E-state index contributed by atoms with van der Waals surface area (Å²) in [7, 11) is 0. The summed E-state index contributed by atoms with van der Waals surface area (Å²) in [5.74, 6) is 3.22. The lowest BCUT2D eigenvalue weighted by Gasteiger charge is -1.98. The van der Waals surface area contributed by atoms with E-state index in [-0.39, 0.29) is 0 Å². The predicted octanol–water partition coefficient (Wildman–Crippen LogP) is 3.04. The lowest BCUT2D eigenvalue weighted by atomic mass is 10.3. The van der Waals surface area contributed by atoms with Gasteiger partial charge in [-0.05, 0) is 31.6 Å². The van der Waals surface area contributed by atoms with Gasteiger partial charge in [0.05, 0.1) is 6.20 Å². The summed E-state index contributed by atoms with van der Waals surface area (Å²) in [5.41, 5.74) is 0. The van der Waals surface area contributed by atoms with E-state index in [1.807, 2.05) is 12.1 Å². The van der Waals surface area contributed by atoms with Crippen molar-refractivity contribution >= 4 is 0 Å². The van der Waals surface area contributed by atoms with Crippen LogP contribution in [-0.4, -0.2) is 18.1 Å². The molecule has 2 rings (SSSR count). The topological polar surface area (TPSA) is 51.2 Å². The first kappa shape index (κ1) is 12.9. The monoisotopic (exact) mass is 248 g/mol. The Morgan fingerprint density at radius 3 is 2.78 bits per heavy atom. The van der Waals surface area contributed by atoms with Crippen LogP contribution >= 0.6 is 0 Å². The smallest absolute Gasteiger partial charge is 0.195 e. The van der Waals surface area contributed by atoms with Crippen molar-refractivity contribution in [3.8, 4) is 11.5 Å². The number of hydrogen-bond donors (Lipinski definition) is 1. The van der Waals surface area contributed by atoms with E-state index < -0.39 is 0 Å². The first-order chi connectivity index (χ1) is 8.83. The summed E-state index contributed by atoms with van der Waals surface area (Å²) >= 11 is 0. The van der Waals surface area contributed by atoms with Crippen LogP contribution in [0.15, 0.2) is 27.2 Å². The molecule has 98 valence electrons. The summed E-state index contributed by atoms with van der Waals surface area (Å²) in [5, 5.41) is 3.28. The molecular weight excluding hydrogens is 228 g/mol. The van der Waals surface area contributed by atoms with Crippen molar-refractivity contribution in [1.29, 1.82) is 0 Å². The van der Waals surface area contributed by atoms with Crippen molar-refractivity contribution in [1.82, 2.24) is 10.3 Å². The molecule has 0 bridgehead atoms. The normalized spacial score (nSPS) is 11.0. The van der Waals surface area contributed by atoms with Gasteiger partial charge in [-0.3, -0.25) is 0 Å². The highest BCUT2D eigenvalue weighted by Crippen LogP contribution is 2.23. The Morgan fingerprint density at radius 1 is 1.17 bits per heavy atom. The second kappa shape index (κ2) is 6.40. The Hall–Kier alpha value is -1.55. The van der Waals surface area contributed by atoms with Crippen molar-refractivity contribution in [2.75, 3.05) is 13.1 Å². The minimum atomic E-state index is 0.716. The fourth-order valence-electron chi connectivity index (χ4n) is 1.78. The number of aromatic nitrogens is 1. The van der Waals surface area contributed by atoms with E-state index in [0.29, 0.717) is 5.76 Å². The van der Waals surface area contributed by atoms with Crippen molar-refractivity contribution < 1.29 is 8.83 Å². The number of rotatable bonds is 7. The molecule has 0 aliphatic rings. The molecule has 0 aliphatic heterocycles. The third kappa shape index (κ3) is 3.23. The van der Waals surface area contributed by atoms with Gasteiger partial charge in [0.15, 0.2) is 17.4 Å². The quantitative estimate of drug-likeness (QED) is 0.765. The molecule has 2 heterocycles. The van der Waals surface area contributed by atoms with E-state index in [0.717, 1.165) is 49.8 Å². The Balaban J connectivity index is 1.93. The van der Waals surface area contributed by atoms with E-state index >= 15 is 0 Å². The first-order valence-electron chi connectivity index (χ1n) is 6.58.